The first-order valence-corrected chi connectivity index (χ1v) is 37.6. The van der Waals surface area contributed by atoms with Crippen molar-refractivity contribution in [2.75, 3.05) is 39.6 Å². The van der Waals surface area contributed by atoms with Gasteiger partial charge < -0.3 is 47.4 Å². The third-order valence-electron chi connectivity index (χ3n) is 17.0. The number of nitrogens with zero attached hydrogens (tertiary/aromatic N) is 4. The Morgan fingerprint density at radius 1 is 0.422 bits per heavy atom. The molecule has 0 radical (unpaired) electrons. The number of esters is 6. The van der Waals surface area contributed by atoms with E-state index in [9.17, 15) is 28.8 Å². The topological polar surface area (TPSA) is 245 Å². The number of hydrogen-bond donors (Lipinski definition) is 0. The van der Waals surface area contributed by atoms with E-state index in [0.29, 0.717) is 134 Å². The first-order valence-electron chi connectivity index (χ1n) is 34.5. The van der Waals surface area contributed by atoms with Gasteiger partial charge in [-0.3, -0.25) is 19.2 Å². The monoisotopic (exact) mass is 1460 g/mol. The van der Waals surface area contributed by atoms with Crippen LogP contribution in [0.25, 0.3) is 31.6 Å². The molecule has 2 fully saturated rings. The van der Waals surface area contributed by atoms with Crippen LogP contribution in [0.5, 0.6) is 46.0 Å². The van der Waals surface area contributed by atoms with Crippen molar-refractivity contribution >= 4 is 115 Å². The second-order valence-corrected chi connectivity index (χ2v) is 28.4. The van der Waals surface area contributed by atoms with Crippen LogP contribution in [0.1, 0.15) is 128 Å². The van der Waals surface area contributed by atoms with Crippen LogP contribution in [-0.4, -0.2) is 97.9 Å². The molecular weight excluding hydrogens is 1380 g/mol. The number of thiazole rings is 2. The Balaban J connectivity index is 0.791. The minimum absolute atomic E-state index is 0.287. The van der Waals surface area contributed by atoms with Crippen molar-refractivity contribution < 1.29 is 76.1 Å². The second-order valence-electron chi connectivity index (χ2n) is 24.2. The highest BCUT2D eigenvalue weighted by Crippen LogP contribution is 2.39. The lowest BCUT2D eigenvalue weighted by molar-refractivity contribution is -0.145. The standard InChI is InChI=1S/C78H82N4O16S4/c1-5-71(83)93-43-15-11-9-13-41-91-59-27-31-61(32-28-59)95-73(85)51-17-21-53(22-18-51)75(87)97-67-37-25-55(45-57(67)49-79-101-77-81-65-47-63(89-7-3)35-39-69(65)99-77)56-26-38-68(58(46-56)50-80-102-78-82-66-48-64(90-8-4)36-40-70(66)100-78)98-76(88)54-23-19-52(20-24-54)74(86)96-62-33-29-60(30-34-62)92-42-14-10-12-16-44-94-72(84)6-2/h5-6,25-40,45-54H,1-2,7-24,41-44H2,3-4H3/b79-49+,80-50+. The van der Waals surface area contributed by atoms with Gasteiger partial charge in [0.25, 0.3) is 0 Å². The second kappa shape index (κ2) is 39.2. The summed E-state index contributed by atoms with van der Waals surface area (Å²) in [5, 5.41) is 0. The van der Waals surface area contributed by atoms with Gasteiger partial charge in [0.1, 0.15) is 46.0 Å². The average Bonchev–Trinajstić information content (AvgIpc) is 1.60. The van der Waals surface area contributed by atoms with Gasteiger partial charge in [-0.1, -0.05) is 25.3 Å². The number of rotatable bonds is 37. The molecule has 0 aliphatic heterocycles. The van der Waals surface area contributed by atoms with E-state index in [1.165, 1.54) is 46.6 Å². The predicted molar refractivity (Wildman–Crippen MR) is 397 cm³/mol. The van der Waals surface area contributed by atoms with Gasteiger partial charge in [0.2, 0.25) is 0 Å². The molecule has 10 rings (SSSR count). The molecule has 0 atom stereocenters. The number of benzene rings is 6. The Morgan fingerprint density at radius 2 is 0.765 bits per heavy atom. The molecule has 0 saturated heterocycles. The van der Waals surface area contributed by atoms with Crippen LogP contribution in [0.15, 0.2) is 164 Å². The predicted octanol–water partition coefficient (Wildman–Crippen LogP) is 17.6. The third-order valence-corrected chi connectivity index (χ3v) is 20.6. The quantitative estimate of drug-likeness (QED) is 0.00877. The summed E-state index contributed by atoms with van der Waals surface area (Å²) in [7, 11) is 0. The normalized spacial score (nSPS) is 15.9. The molecule has 534 valence electrons. The molecule has 24 heteroatoms. The number of ether oxygens (including phenoxy) is 10. The molecule has 2 aliphatic rings. The Morgan fingerprint density at radius 3 is 1.13 bits per heavy atom. The van der Waals surface area contributed by atoms with Crippen LogP contribution in [0.4, 0.5) is 0 Å². The van der Waals surface area contributed by atoms with E-state index in [1.54, 1.807) is 73.1 Å². The van der Waals surface area contributed by atoms with Gasteiger partial charge in [0, 0.05) is 71.7 Å². The van der Waals surface area contributed by atoms with E-state index >= 15 is 0 Å². The lowest BCUT2D eigenvalue weighted by atomic mass is 9.82. The molecule has 6 aromatic carbocycles. The van der Waals surface area contributed by atoms with Crippen molar-refractivity contribution in [1.29, 1.82) is 0 Å². The van der Waals surface area contributed by atoms with Crippen LogP contribution >= 0.6 is 46.6 Å². The summed E-state index contributed by atoms with van der Waals surface area (Å²) < 4.78 is 70.2. The van der Waals surface area contributed by atoms with Gasteiger partial charge >= 0.3 is 35.8 Å². The fourth-order valence-electron chi connectivity index (χ4n) is 11.5. The summed E-state index contributed by atoms with van der Waals surface area (Å²) in [6.45, 7) is 13.5. The molecule has 2 heterocycles. The Bertz CT molecular complexity index is 3960. The summed E-state index contributed by atoms with van der Waals surface area (Å²) in [6, 6.07) is 36.4. The molecule has 0 bridgehead atoms. The summed E-state index contributed by atoms with van der Waals surface area (Å²) in [5.41, 5.74) is 4.06. The number of aromatic nitrogens is 2. The van der Waals surface area contributed by atoms with Crippen molar-refractivity contribution in [3.05, 3.63) is 158 Å². The number of carbonyl (C=O) groups is 6. The molecule has 20 nitrogen and oxygen atoms in total. The molecule has 0 amide bonds. The molecule has 102 heavy (non-hydrogen) atoms. The summed E-state index contributed by atoms with van der Waals surface area (Å²) in [5.74, 6) is -0.000338. The number of carbonyl (C=O) groups excluding carboxylic acids is 6. The minimum atomic E-state index is -0.473. The maximum absolute atomic E-state index is 14.2. The van der Waals surface area contributed by atoms with Gasteiger partial charge in [-0.25, -0.2) is 28.4 Å². The van der Waals surface area contributed by atoms with Crippen molar-refractivity contribution in [2.24, 2.45) is 32.5 Å². The maximum atomic E-state index is 14.2. The van der Waals surface area contributed by atoms with Crippen LogP contribution in [0.2, 0.25) is 0 Å². The van der Waals surface area contributed by atoms with Gasteiger partial charge in [-0.2, -0.15) is 0 Å². The Hall–Kier alpha value is -9.36. The van der Waals surface area contributed by atoms with Gasteiger partial charge in [0.15, 0.2) is 8.68 Å². The zero-order valence-electron chi connectivity index (χ0n) is 57.1. The Kier molecular flexibility index (Phi) is 28.9. The average molecular weight is 1460 g/mol. The summed E-state index contributed by atoms with van der Waals surface area (Å²) >= 11 is 5.36. The van der Waals surface area contributed by atoms with E-state index < -0.39 is 47.5 Å². The summed E-state index contributed by atoms with van der Waals surface area (Å²) in [4.78, 5) is 87.3. The van der Waals surface area contributed by atoms with Gasteiger partial charge in [0.05, 0.1) is 83.7 Å². The van der Waals surface area contributed by atoms with E-state index in [2.05, 4.69) is 13.2 Å². The molecular formula is C78H82N4O16S4. The lowest BCUT2D eigenvalue weighted by Crippen LogP contribution is -2.30. The third kappa shape index (κ3) is 22.8. The molecule has 2 aliphatic carbocycles. The smallest absolute Gasteiger partial charge is 0.330 e. The van der Waals surface area contributed by atoms with Crippen LogP contribution in [-0.2, 0) is 38.2 Å². The SMILES string of the molecule is C=CC(=O)OCCCCCCOc1ccc(OC(=O)C2CCC(C(=O)Oc3ccc(-c4ccc(OC(=O)C5CCC(C(=O)Oc6ccc(OCCCCCCOC(=O)C=C)cc6)CC5)c(/C=N/Sc5nc6cc(OCC)ccc6s5)c4)cc3/C=N/Sc3nc4cc(OCC)ccc4s3)CC2)cc1. The zero-order valence-corrected chi connectivity index (χ0v) is 60.4. The first kappa shape index (κ1) is 75.3. The largest absolute Gasteiger partial charge is 0.494 e. The maximum Gasteiger partial charge on any atom is 0.330 e. The Labute approximate surface area is 609 Å². The molecule has 2 saturated carbocycles. The summed E-state index contributed by atoms with van der Waals surface area (Å²) in [6.07, 6.45) is 15.9. The van der Waals surface area contributed by atoms with Gasteiger partial charge in [-0.15, -0.1) is 22.7 Å². The van der Waals surface area contributed by atoms with Crippen molar-refractivity contribution in [3.63, 3.8) is 0 Å². The van der Waals surface area contributed by atoms with Crippen molar-refractivity contribution in [3.8, 4) is 57.1 Å². The van der Waals surface area contributed by atoms with E-state index in [-0.39, 0.29) is 23.4 Å². The zero-order chi connectivity index (χ0) is 71.4. The highest BCUT2D eigenvalue weighted by Gasteiger charge is 2.34. The molecule has 0 spiro atoms. The van der Waals surface area contributed by atoms with Crippen LogP contribution in [0, 0.1) is 23.7 Å². The fourth-order valence-corrected chi connectivity index (χ4v) is 14.8. The highest BCUT2D eigenvalue weighted by molar-refractivity contribution is 8.00. The fraction of sp³-hybridized carbons (Fsp3) is 0.359. The minimum Gasteiger partial charge on any atom is -0.494 e. The number of fused-ring (bicyclic) bond motifs is 2. The number of unbranched alkanes of at least 4 members (excludes halogenated alkanes) is 6. The molecule has 8 aromatic rings. The first-order chi connectivity index (χ1) is 49.8. The lowest BCUT2D eigenvalue weighted by Gasteiger charge is -2.26. The van der Waals surface area contributed by atoms with E-state index in [4.69, 9.17) is 66.1 Å². The van der Waals surface area contributed by atoms with Crippen LogP contribution in [0.3, 0.4) is 0 Å². The molecule has 0 unspecified atom stereocenters. The van der Waals surface area contributed by atoms with Crippen molar-refractivity contribution in [1.82, 2.24) is 9.97 Å². The van der Waals surface area contributed by atoms with E-state index in [0.717, 1.165) is 107 Å². The van der Waals surface area contributed by atoms with Crippen LogP contribution < -0.4 is 37.9 Å². The van der Waals surface area contributed by atoms with E-state index in [1.807, 2.05) is 74.5 Å². The molecule has 0 N–H and O–H groups in total. The number of hydrogen-bond acceptors (Lipinski definition) is 24. The molecule has 2 aromatic heterocycles. The van der Waals surface area contributed by atoms with Crippen molar-refractivity contribution in [2.45, 2.75) is 125 Å². The highest BCUT2D eigenvalue weighted by atomic mass is 32.2. The van der Waals surface area contributed by atoms with Gasteiger partial charge in [-0.05, 0) is 225 Å².